The zero-order valence-corrected chi connectivity index (χ0v) is 15.2. The van der Waals surface area contributed by atoms with Gasteiger partial charge in [0.2, 0.25) is 0 Å². The predicted molar refractivity (Wildman–Crippen MR) is 102 cm³/mol. The Hall–Kier alpha value is -1.18. The maximum absolute atomic E-state index is 9.58. The zero-order chi connectivity index (χ0) is 16.8. The van der Waals surface area contributed by atoms with Crippen molar-refractivity contribution in [3.63, 3.8) is 0 Å². The number of unbranched alkanes of at least 4 members (excludes halogenated alkanes) is 12. The Morgan fingerprint density at radius 3 is 1.74 bits per heavy atom. The Kier molecular flexibility index (Phi) is 11.5. The van der Waals surface area contributed by atoms with E-state index in [1.54, 1.807) is 6.07 Å². The second kappa shape index (κ2) is 13.3. The Bertz CT molecular complexity index is 403. The number of phenols is 1. The fraction of sp³-hybridized carbons (Fsp3) is 0.714. The summed E-state index contributed by atoms with van der Waals surface area (Å²) in [7, 11) is 0. The maximum Gasteiger partial charge on any atom is 0.138 e. The van der Waals surface area contributed by atoms with Gasteiger partial charge in [-0.1, -0.05) is 96.1 Å². The molecular weight excluding hydrogens is 282 g/mol. The molecule has 0 aliphatic carbocycles. The van der Waals surface area contributed by atoms with Gasteiger partial charge in [-0.15, -0.1) is 0 Å². The molecule has 2 heteroatoms. The third-order valence-electron chi connectivity index (χ3n) is 4.72. The average molecular weight is 320 g/mol. The van der Waals surface area contributed by atoms with E-state index in [0.29, 0.717) is 5.69 Å². The molecule has 0 heterocycles. The molecule has 0 unspecified atom stereocenters. The van der Waals surface area contributed by atoms with Crippen molar-refractivity contribution in [2.75, 3.05) is 5.73 Å². The third-order valence-corrected chi connectivity index (χ3v) is 4.72. The molecule has 0 aromatic heterocycles. The van der Waals surface area contributed by atoms with Gasteiger partial charge in [0, 0.05) is 0 Å². The Labute approximate surface area is 143 Å². The number of benzene rings is 1. The monoisotopic (exact) mass is 319 g/mol. The third kappa shape index (κ3) is 9.53. The summed E-state index contributed by atoms with van der Waals surface area (Å²) in [5, 5.41) is 9.58. The van der Waals surface area contributed by atoms with Gasteiger partial charge in [-0.05, 0) is 24.5 Å². The maximum atomic E-state index is 9.58. The molecule has 0 aliphatic heterocycles. The minimum atomic E-state index is 0.220. The Balaban J connectivity index is 1.87. The van der Waals surface area contributed by atoms with Gasteiger partial charge in [0.25, 0.3) is 0 Å². The van der Waals surface area contributed by atoms with E-state index in [2.05, 4.69) is 6.92 Å². The minimum absolute atomic E-state index is 0.220. The molecule has 1 aromatic carbocycles. The smallest absolute Gasteiger partial charge is 0.138 e. The molecule has 0 amide bonds. The van der Waals surface area contributed by atoms with E-state index in [-0.39, 0.29) is 5.75 Å². The van der Waals surface area contributed by atoms with E-state index >= 15 is 0 Å². The molecule has 1 rings (SSSR count). The molecule has 0 spiro atoms. The van der Waals surface area contributed by atoms with Crippen molar-refractivity contribution in [2.45, 2.75) is 96.8 Å². The fourth-order valence-corrected chi connectivity index (χ4v) is 3.15. The number of aromatic hydroxyl groups is 1. The van der Waals surface area contributed by atoms with E-state index in [9.17, 15) is 5.11 Å². The number of rotatable bonds is 14. The molecule has 0 saturated heterocycles. The van der Waals surface area contributed by atoms with Gasteiger partial charge in [0.05, 0.1) is 5.69 Å². The predicted octanol–water partition coefficient (Wildman–Crippen LogP) is 6.61. The number of para-hydroxylation sites is 1. The first kappa shape index (κ1) is 19.9. The fourth-order valence-electron chi connectivity index (χ4n) is 3.15. The second-order valence-electron chi connectivity index (χ2n) is 6.84. The van der Waals surface area contributed by atoms with E-state index < -0.39 is 0 Å². The van der Waals surface area contributed by atoms with Crippen LogP contribution in [0.5, 0.6) is 5.75 Å². The lowest BCUT2D eigenvalue weighted by atomic mass is 10.0. The molecule has 0 bridgehead atoms. The number of anilines is 1. The molecule has 0 saturated carbocycles. The van der Waals surface area contributed by atoms with Gasteiger partial charge in [-0.25, -0.2) is 0 Å². The van der Waals surface area contributed by atoms with Gasteiger partial charge in [-0.2, -0.15) is 0 Å². The van der Waals surface area contributed by atoms with Crippen molar-refractivity contribution in [3.05, 3.63) is 23.8 Å². The van der Waals surface area contributed by atoms with E-state index in [0.717, 1.165) is 12.0 Å². The van der Waals surface area contributed by atoms with Gasteiger partial charge >= 0.3 is 0 Å². The lowest BCUT2D eigenvalue weighted by Gasteiger charge is -2.07. The summed E-state index contributed by atoms with van der Waals surface area (Å²) in [5.41, 5.74) is 7.53. The van der Waals surface area contributed by atoms with Crippen molar-refractivity contribution in [2.24, 2.45) is 0 Å². The SMILES string of the molecule is CCCCCCCCCCCCCCCc1cccc(O)c1N. The summed E-state index contributed by atoms with van der Waals surface area (Å²) >= 11 is 0. The lowest BCUT2D eigenvalue weighted by molar-refractivity contribution is 0.477. The van der Waals surface area contributed by atoms with Crippen LogP contribution in [-0.4, -0.2) is 5.11 Å². The van der Waals surface area contributed by atoms with Crippen LogP contribution in [0.2, 0.25) is 0 Å². The summed E-state index contributed by atoms with van der Waals surface area (Å²) in [4.78, 5) is 0. The standard InChI is InChI=1S/C21H37NO/c1-2-3-4-5-6-7-8-9-10-11-12-13-14-16-19-17-15-18-20(23)21(19)22/h15,17-18,23H,2-14,16,22H2,1H3. The van der Waals surface area contributed by atoms with Crippen LogP contribution in [-0.2, 0) is 6.42 Å². The first-order valence-corrected chi connectivity index (χ1v) is 9.82. The van der Waals surface area contributed by atoms with Gasteiger partial charge in [-0.3, -0.25) is 0 Å². The Morgan fingerprint density at radius 1 is 0.739 bits per heavy atom. The summed E-state index contributed by atoms with van der Waals surface area (Å²) < 4.78 is 0. The minimum Gasteiger partial charge on any atom is -0.506 e. The van der Waals surface area contributed by atoms with Crippen LogP contribution in [0.25, 0.3) is 0 Å². The topological polar surface area (TPSA) is 46.2 Å². The Morgan fingerprint density at radius 2 is 1.22 bits per heavy atom. The zero-order valence-electron chi connectivity index (χ0n) is 15.2. The van der Waals surface area contributed by atoms with Crippen LogP contribution in [0.1, 0.15) is 96.0 Å². The first-order valence-electron chi connectivity index (χ1n) is 9.82. The highest BCUT2D eigenvalue weighted by Gasteiger charge is 2.03. The van der Waals surface area contributed by atoms with E-state index in [4.69, 9.17) is 5.73 Å². The van der Waals surface area contributed by atoms with Gasteiger partial charge in [0.15, 0.2) is 0 Å². The molecular formula is C21H37NO. The number of hydrogen-bond acceptors (Lipinski definition) is 2. The summed E-state index contributed by atoms with van der Waals surface area (Å²) in [6, 6.07) is 5.56. The van der Waals surface area contributed by atoms with Gasteiger partial charge < -0.3 is 10.8 Å². The highest BCUT2D eigenvalue weighted by Crippen LogP contribution is 2.25. The highest BCUT2D eigenvalue weighted by molar-refractivity contribution is 5.57. The molecule has 2 nitrogen and oxygen atoms in total. The molecule has 23 heavy (non-hydrogen) atoms. The number of nitrogens with two attached hydrogens (primary N) is 1. The van der Waals surface area contributed by atoms with Crippen LogP contribution in [0.15, 0.2) is 18.2 Å². The number of nitrogen functional groups attached to an aromatic ring is 1. The van der Waals surface area contributed by atoms with Crippen molar-refractivity contribution < 1.29 is 5.11 Å². The molecule has 0 fully saturated rings. The summed E-state index contributed by atoms with van der Waals surface area (Å²) in [5.74, 6) is 0.220. The van der Waals surface area contributed by atoms with Crippen LogP contribution in [0, 0.1) is 0 Å². The number of phenolic OH excluding ortho intramolecular Hbond substituents is 1. The summed E-state index contributed by atoms with van der Waals surface area (Å²) in [6.07, 6.45) is 18.8. The van der Waals surface area contributed by atoms with Crippen molar-refractivity contribution in [3.8, 4) is 5.75 Å². The molecule has 1 aromatic rings. The van der Waals surface area contributed by atoms with E-state index in [1.165, 1.54) is 83.5 Å². The highest BCUT2D eigenvalue weighted by atomic mass is 16.3. The largest absolute Gasteiger partial charge is 0.506 e. The van der Waals surface area contributed by atoms with Crippen LogP contribution in [0.4, 0.5) is 5.69 Å². The molecule has 3 N–H and O–H groups in total. The van der Waals surface area contributed by atoms with Crippen molar-refractivity contribution in [1.29, 1.82) is 0 Å². The van der Waals surface area contributed by atoms with Gasteiger partial charge in [0.1, 0.15) is 5.75 Å². The molecule has 0 atom stereocenters. The quantitative estimate of drug-likeness (QED) is 0.230. The molecule has 0 radical (unpaired) electrons. The number of hydrogen-bond donors (Lipinski definition) is 2. The first-order chi connectivity index (χ1) is 11.3. The number of aryl methyl sites for hydroxylation is 1. The molecule has 132 valence electrons. The lowest BCUT2D eigenvalue weighted by Crippen LogP contribution is -1.95. The van der Waals surface area contributed by atoms with Crippen LogP contribution in [0.3, 0.4) is 0 Å². The normalized spacial score (nSPS) is 11.0. The summed E-state index contributed by atoms with van der Waals surface area (Å²) in [6.45, 7) is 2.28. The van der Waals surface area contributed by atoms with Crippen LogP contribution < -0.4 is 5.73 Å². The van der Waals surface area contributed by atoms with Crippen molar-refractivity contribution in [1.82, 2.24) is 0 Å². The average Bonchev–Trinajstić information content (AvgIpc) is 2.55. The van der Waals surface area contributed by atoms with Crippen LogP contribution >= 0.6 is 0 Å². The van der Waals surface area contributed by atoms with E-state index in [1.807, 2.05) is 12.1 Å². The van der Waals surface area contributed by atoms with Crippen molar-refractivity contribution >= 4 is 5.69 Å². The molecule has 0 aliphatic rings. The second-order valence-corrected chi connectivity index (χ2v) is 6.84.